The molecule has 7 nitrogen and oxygen atoms in total. The maximum absolute atomic E-state index is 13.7. The molecule has 4 aromatic rings. The summed E-state index contributed by atoms with van der Waals surface area (Å²) in [5.74, 6) is 1.24. The molecule has 1 saturated heterocycles. The molecule has 0 saturated carbocycles. The van der Waals surface area contributed by atoms with Crippen molar-refractivity contribution in [3.63, 3.8) is 0 Å². The third kappa shape index (κ3) is 4.47. The van der Waals surface area contributed by atoms with Gasteiger partial charge in [-0.3, -0.25) is 0 Å². The number of benzene rings is 2. The monoisotopic (exact) mass is 476 g/mol. The molecule has 0 aliphatic carbocycles. The quantitative estimate of drug-likeness (QED) is 0.397. The number of hydrogen-bond acceptors (Lipinski definition) is 6. The van der Waals surface area contributed by atoms with Gasteiger partial charge in [0, 0.05) is 24.9 Å². The Balaban J connectivity index is 1.74. The van der Waals surface area contributed by atoms with Crippen LogP contribution >= 0.6 is 0 Å². The smallest absolute Gasteiger partial charge is 0.165 e. The molecule has 2 aromatic carbocycles. The summed E-state index contributed by atoms with van der Waals surface area (Å²) >= 11 is 0. The third-order valence-corrected chi connectivity index (χ3v) is 6.50. The summed E-state index contributed by atoms with van der Waals surface area (Å²) in [4.78, 5) is 7.29. The molecule has 8 heteroatoms. The first kappa shape index (κ1) is 23.3. The van der Waals surface area contributed by atoms with Crippen molar-refractivity contribution in [2.75, 3.05) is 31.8 Å². The lowest BCUT2D eigenvalue weighted by Crippen LogP contribution is -2.33. The van der Waals surface area contributed by atoms with Gasteiger partial charge < -0.3 is 19.5 Å². The number of aliphatic hydroxyl groups is 1. The minimum absolute atomic E-state index is 0.0144. The van der Waals surface area contributed by atoms with Gasteiger partial charge in [-0.2, -0.15) is 5.10 Å². The summed E-state index contributed by atoms with van der Waals surface area (Å²) in [7, 11) is 1.64. The molecule has 1 unspecified atom stereocenters. The largest absolute Gasteiger partial charge is 0.497 e. The predicted molar refractivity (Wildman–Crippen MR) is 133 cm³/mol. The van der Waals surface area contributed by atoms with Crippen LogP contribution in [0.4, 0.5) is 10.2 Å². The standard InChI is InChI=1S/C27H29FN4O3/c1-3-35-17-24-25(19-8-12-22(34-2)13-9-19)27-29-26(31-14-4-5-21(31)16-33)23(15-32(27)30-24)18-6-10-20(28)11-7-18/h6-13,15,21,33H,3-5,14,16-17H2,1-2H3. The second-order valence-corrected chi connectivity index (χ2v) is 8.61. The predicted octanol–water partition coefficient (Wildman–Crippen LogP) is 4.71. The van der Waals surface area contributed by atoms with E-state index in [2.05, 4.69) is 4.90 Å². The number of hydrogen-bond donors (Lipinski definition) is 1. The van der Waals surface area contributed by atoms with Crippen LogP contribution in [0.15, 0.2) is 54.7 Å². The highest BCUT2D eigenvalue weighted by Gasteiger charge is 2.29. The van der Waals surface area contributed by atoms with Crippen molar-refractivity contribution in [2.45, 2.75) is 32.4 Å². The Morgan fingerprint density at radius 1 is 1.09 bits per heavy atom. The summed E-state index contributed by atoms with van der Waals surface area (Å²) in [6.45, 7) is 3.72. The molecule has 1 N–H and O–H groups in total. The first-order chi connectivity index (χ1) is 17.1. The number of halogens is 1. The van der Waals surface area contributed by atoms with E-state index in [1.807, 2.05) is 37.4 Å². The fraction of sp³-hybridized carbons (Fsp3) is 0.333. The molecular weight excluding hydrogens is 447 g/mol. The second-order valence-electron chi connectivity index (χ2n) is 8.61. The zero-order chi connectivity index (χ0) is 24.4. The van der Waals surface area contributed by atoms with E-state index in [-0.39, 0.29) is 18.5 Å². The molecule has 0 radical (unpaired) electrons. The van der Waals surface area contributed by atoms with Crippen LogP contribution < -0.4 is 9.64 Å². The topological polar surface area (TPSA) is 72.1 Å². The van der Waals surface area contributed by atoms with Gasteiger partial charge >= 0.3 is 0 Å². The van der Waals surface area contributed by atoms with E-state index in [1.54, 1.807) is 23.8 Å². The fourth-order valence-corrected chi connectivity index (χ4v) is 4.72. The van der Waals surface area contributed by atoms with Crippen LogP contribution in [0.5, 0.6) is 5.75 Å². The molecule has 1 fully saturated rings. The summed E-state index contributed by atoms with van der Waals surface area (Å²) in [6, 6.07) is 14.2. The lowest BCUT2D eigenvalue weighted by atomic mass is 10.0. The maximum atomic E-state index is 13.7. The van der Waals surface area contributed by atoms with Gasteiger partial charge in [-0.1, -0.05) is 24.3 Å². The Bertz CT molecular complexity index is 1310. The fourth-order valence-electron chi connectivity index (χ4n) is 4.72. The van der Waals surface area contributed by atoms with E-state index in [0.29, 0.717) is 18.9 Å². The van der Waals surface area contributed by atoms with Crippen LogP contribution in [0.2, 0.25) is 0 Å². The van der Waals surface area contributed by atoms with Gasteiger partial charge in [0.05, 0.1) is 37.6 Å². The Kier molecular flexibility index (Phi) is 6.66. The number of methoxy groups -OCH3 is 1. The molecule has 0 amide bonds. The maximum Gasteiger partial charge on any atom is 0.165 e. The van der Waals surface area contributed by atoms with Crippen LogP contribution in [0.25, 0.3) is 27.9 Å². The normalized spacial score (nSPS) is 15.8. The van der Waals surface area contributed by atoms with E-state index in [4.69, 9.17) is 19.6 Å². The van der Waals surface area contributed by atoms with E-state index in [1.165, 1.54) is 12.1 Å². The first-order valence-electron chi connectivity index (χ1n) is 11.9. The number of aliphatic hydroxyl groups excluding tert-OH is 1. The van der Waals surface area contributed by atoms with Crippen molar-refractivity contribution in [1.82, 2.24) is 14.6 Å². The number of fused-ring (bicyclic) bond motifs is 1. The zero-order valence-electron chi connectivity index (χ0n) is 19.9. The molecule has 5 rings (SSSR count). The van der Waals surface area contributed by atoms with Crippen LogP contribution in [0.1, 0.15) is 25.5 Å². The van der Waals surface area contributed by atoms with Crippen LogP contribution in [0.3, 0.4) is 0 Å². The first-order valence-corrected chi connectivity index (χ1v) is 11.9. The van der Waals surface area contributed by atoms with Crippen LogP contribution in [-0.4, -0.2) is 52.6 Å². The van der Waals surface area contributed by atoms with Crippen LogP contribution in [0, 0.1) is 5.82 Å². The van der Waals surface area contributed by atoms with Crippen molar-refractivity contribution < 1.29 is 19.0 Å². The highest BCUT2D eigenvalue weighted by atomic mass is 19.1. The van der Waals surface area contributed by atoms with Crippen molar-refractivity contribution >= 4 is 11.5 Å². The minimum atomic E-state index is -0.293. The second kappa shape index (κ2) is 10.0. The van der Waals surface area contributed by atoms with E-state index in [9.17, 15) is 9.50 Å². The van der Waals surface area contributed by atoms with Gasteiger partial charge in [-0.05, 0) is 55.2 Å². The van der Waals surface area contributed by atoms with Crippen molar-refractivity contribution in [3.05, 3.63) is 66.2 Å². The highest BCUT2D eigenvalue weighted by Crippen LogP contribution is 2.37. The van der Waals surface area contributed by atoms with Crippen molar-refractivity contribution in [1.29, 1.82) is 0 Å². The molecule has 2 aromatic heterocycles. The Labute approximate surface area is 203 Å². The lowest BCUT2D eigenvalue weighted by Gasteiger charge is -2.26. The number of rotatable bonds is 8. The Morgan fingerprint density at radius 2 is 1.83 bits per heavy atom. The molecule has 3 heterocycles. The van der Waals surface area contributed by atoms with Crippen molar-refractivity contribution in [2.24, 2.45) is 0 Å². The van der Waals surface area contributed by atoms with E-state index >= 15 is 0 Å². The van der Waals surface area contributed by atoms with E-state index < -0.39 is 0 Å². The van der Waals surface area contributed by atoms with Gasteiger partial charge in [0.25, 0.3) is 0 Å². The van der Waals surface area contributed by atoms with Crippen molar-refractivity contribution in [3.8, 4) is 28.0 Å². The van der Waals surface area contributed by atoms with Gasteiger partial charge in [0.2, 0.25) is 0 Å². The Morgan fingerprint density at radius 3 is 2.51 bits per heavy atom. The van der Waals surface area contributed by atoms with Gasteiger partial charge in [-0.15, -0.1) is 0 Å². The molecule has 0 bridgehead atoms. The molecule has 0 spiro atoms. The lowest BCUT2D eigenvalue weighted by molar-refractivity contribution is 0.131. The number of nitrogens with zero attached hydrogens (tertiary/aromatic N) is 4. The van der Waals surface area contributed by atoms with Crippen LogP contribution in [-0.2, 0) is 11.3 Å². The molecule has 1 aliphatic heterocycles. The number of aromatic nitrogens is 3. The van der Waals surface area contributed by atoms with Gasteiger partial charge in [0.1, 0.15) is 17.4 Å². The average molecular weight is 477 g/mol. The summed E-state index contributed by atoms with van der Waals surface area (Å²) in [5, 5.41) is 14.9. The summed E-state index contributed by atoms with van der Waals surface area (Å²) in [5.41, 5.74) is 5.02. The zero-order valence-corrected chi connectivity index (χ0v) is 19.9. The highest BCUT2D eigenvalue weighted by molar-refractivity contribution is 5.84. The SMILES string of the molecule is CCOCc1nn2cc(-c3ccc(F)cc3)c(N3CCCC3CO)nc2c1-c1ccc(OC)cc1. The molecule has 1 atom stereocenters. The molecule has 1 aliphatic rings. The number of ether oxygens (including phenoxy) is 2. The molecule has 182 valence electrons. The molecule has 35 heavy (non-hydrogen) atoms. The summed E-state index contributed by atoms with van der Waals surface area (Å²) in [6.07, 6.45) is 3.81. The third-order valence-electron chi connectivity index (χ3n) is 6.50. The molecular formula is C27H29FN4O3. The minimum Gasteiger partial charge on any atom is -0.497 e. The van der Waals surface area contributed by atoms with Gasteiger partial charge in [-0.25, -0.2) is 13.9 Å². The van der Waals surface area contributed by atoms with Gasteiger partial charge in [0.15, 0.2) is 5.65 Å². The van der Waals surface area contributed by atoms with E-state index in [0.717, 1.165) is 58.9 Å². The Hall–Kier alpha value is -3.49. The number of anilines is 1. The average Bonchev–Trinajstić information content (AvgIpc) is 3.51. The summed E-state index contributed by atoms with van der Waals surface area (Å²) < 4.78 is 26.5.